The number of carbonyl (C=O) groups is 2. The molecule has 1 saturated carbocycles. The van der Waals surface area contributed by atoms with Crippen LogP contribution in [0.25, 0.3) is 5.57 Å². The minimum Gasteiger partial charge on any atom is -0.299 e. The fraction of sp³-hybridized carbons (Fsp3) is 0.333. The van der Waals surface area contributed by atoms with Crippen LogP contribution in [0, 0.1) is 18.8 Å². The standard InChI is InChI=1S/C33H35NO4S/c1-3-10-29-31(25-11-6-4-7-12-25)32(33(36)26-13-8-5-9-14-26)27(21-30(35)24-17-18-24)22-34(29)39(37,38)28-19-15-23(2)16-20-28/h4-9,11-16,19-20,24,27,29H,3,10,17-18,21-22H2,1-2H3. The van der Waals surface area contributed by atoms with E-state index < -0.39 is 22.0 Å². The van der Waals surface area contributed by atoms with Crippen LogP contribution in [0.15, 0.2) is 95.4 Å². The molecule has 0 aromatic heterocycles. The van der Waals surface area contributed by atoms with Crippen molar-refractivity contribution in [3.8, 4) is 0 Å². The Bertz CT molecular complexity index is 1470. The Morgan fingerprint density at radius 3 is 2.08 bits per heavy atom. The van der Waals surface area contributed by atoms with E-state index in [1.165, 1.54) is 0 Å². The predicted molar refractivity (Wildman–Crippen MR) is 154 cm³/mol. The van der Waals surface area contributed by atoms with Gasteiger partial charge < -0.3 is 0 Å². The van der Waals surface area contributed by atoms with Crippen LogP contribution in [0.5, 0.6) is 0 Å². The van der Waals surface area contributed by atoms with Crippen LogP contribution in [0.1, 0.15) is 60.5 Å². The van der Waals surface area contributed by atoms with Crippen molar-refractivity contribution >= 4 is 27.2 Å². The molecule has 0 bridgehead atoms. The van der Waals surface area contributed by atoms with E-state index in [0.29, 0.717) is 17.6 Å². The lowest BCUT2D eigenvalue weighted by Gasteiger charge is -2.42. The van der Waals surface area contributed by atoms with Gasteiger partial charge in [0.05, 0.1) is 10.9 Å². The average Bonchev–Trinajstić information content (AvgIpc) is 3.80. The van der Waals surface area contributed by atoms with E-state index in [4.69, 9.17) is 0 Å². The first-order valence-corrected chi connectivity index (χ1v) is 15.3. The van der Waals surface area contributed by atoms with Crippen molar-refractivity contribution < 1.29 is 18.0 Å². The molecule has 0 amide bonds. The second-order valence-corrected chi connectivity index (χ2v) is 12.6. The summed E-state index contributed by atoms with van der Waals surface area (Å²) >= 11 is 0. The fourth-order valence-electron chi connectivity index (χ4n) is 5.65. The lowest BCUT2D eigenvalue weighted by Crippen LogP contribution is -2.49. The highest BCUT2D eigenvalue weighted by atomic mass is 32.2. The van der Waals surface area contributed by atoms with Gasteiger partial charge in [-0.15, -0.1) is 0 Å². The molecular weight excluding hydrogens is 506 g/mol. The van der Waals surface area contributed by atoms with E-state index in [1.54, 1.807) is 40.7 Å². The highest BCUT2D eigenvalue weighted by molar-refractivity contribution is 7.89. The third-order valence-corrected chi connectivity index (χ3v) is 9.70. The summed E-state index contributed by atoms with van der Waals surface area (Å²) < 4.78 is 30.0. The maximum absolute atomic E-state index is 14.2. The molecule has 1 heterocycles. The number of carbonyl (C=O) groups excluding carboxylic acids is 2. The molecule has 2 aliphatic rings. The molecule has 0 radical (unpaired) electrons. The second-order valence-electron chi connectivity index (χ2n) is 10.7. The zero-order valence-corrected chi connectivity index (χ0v) is 23.4. The summed E-state index contributed by atoms with van der Waals surface area (Å²) in [4.78, 5) is 27.7. The summed E-state index contributed by atoms with van der Waals surface area (Å²) in [5.41, 5.74) is 3.65. The molecule has 0 N–H and O–H groups in total. The lowest BCUT2D eigenvalue weighted by molar-refractivity contribution is -0.121. The van der Waals surface area contributed by atoms with Crippen molar-refractivity contribution in [1.82, 2.24) is 4.31 Å². The summed E-state index contributed by atoms with van der Waals surface area (Å²) in [5.74, 6) is -0.521. The smallest absolute Gasteiger partial charge is 0.243 e. The quantitative estimate of drug-likeness (QED) is 0.275. The number of rotatable bonds is 10. The number of Topliss-reactive ketones (excluding diaryl/α,β-unsaturated/α-hetero) is 2. The first-order valence-electron chi connectivity index (χ1n) is 13.8. The van der Waals surface area contributed by atoms with Gasteiger partial charge in [0.2, 0.25) is 10.0 Å². The van der Waals surface area contributed by atoms with E-state index >= 15 is 0 Å². The van der Waals surface area contributed by atoms with Gasteiger partial charge in [-0.25, -0.2) is 8.42 Å². The summed E-state index contributed by atoms with van der Waals surface area (Å²) in [6.45, 7) is 4.05. The molecule has 202 valence electrons. The number of benzene rings is 3. The van der Waals surface area contributed by atoms with E-state index in [9.17, 15) is 18.0 Å². The molecule has 0 spiro atoms. The molecule has 6 heteroatoms. The van der Waals surface area contributed by atoms with Crippen LogP contribution in [0.4, 0.5) is 0 Å². The first-order chi connectivity index (χ1) is 18.8. The Kier molecular flexibility index (Phi) is 7.96. The molecule has 39 heavy (non-hydrogen) atoms. The summed E-state index contributed by atoms with van der Waals surface area (Å²) in [7, 11) is -3.90. The minimum absolute atomic E-state index is 0.0220. The van der Waals surface area contributed by atoms with Gasteiger partial charge in [0.1, 0.15) is 5.78 Å². The van der Waals surface area contributed by atoms with Crippen LogP contribution in [-0.2, 0) is 14.8 Å². The van der Waals surface area contributed by atoms with Gasteiger partial charge in [-0.3, -0.25) is 9.59 Å². The predicted octanol–water partition coefficient (Wildman–Crippen LogP) is 6.49. The summed E-state index contributed by atoms with van der Waals surface area (Å²) in [6.07, 6.45) is 3.19. The van der Waals surface area contributed by atoms with Crippen molar-refractivity contribution in [2.24, 2.45) is 11.8 Å². The van der Waals surface area contributed by atoms with Crippen molar-refractivity contribution in [1.29, 1.82) is 0 Å². The molecule has 3 aromatic carbocycles. The number of sulfonamides is 1. The molecule has 1 aliphatic carbocycles. The SMILES string of the molecule is CCCC1C(c2ccccc2)=C(C(=O)c2ccccc2)C(CC(=O)C2CC2)CN1S(=O)(=O)c1ccc(C)cc1. The molecular formula is C33H35NO4S. The lowest BCUT2D eigenvalue weighted by atomic mass is 9.76. The first kappa shape index (κ1) is 27.2. The third kappa shape index (κ3) is 5.68. The highest BCUT2D eigenvalue weighted by Crippen LogP contribution is 2.43. The van der Waals surface area contributed by atoms with Gasteiger partial charge in [-0.05, 0) is 49.5 Å². The van der Waals surface area contributed by atoms with Crippen LogP contribution < -0.4 is 0 Å². The van der Waals surface area contributed by atoms with E-state index in [-0.39, 0.29) is 35.3 Å². The summed E-state index contributed by atoms with van der Waals surface area (Å²) in [5, 5.41) is 0. The van der Waals surface area contributed by atoms with E-state index in [0.717, 1.165) is 36.0 Å². The Balaban J connectivity index is 1.73. The third-order valence-electron chi connectivity index (χ3n) is 7.81. The van der Waals surface area contributed by atoms with Gasteiger partial charge in [0.15, 0.2) is 5.78 Å². The molecule has 1 aliphatic heterocycles. The van der Waals surface area contributed by atoms with Crippen LogP contribution in [0.2, 0.25) is 0 Å². The van der Waals surface area contributed by atoms with Gasteiger partial charge in [0, 0.05) is 35.9 Å². The van der Waals surface area contributed by atoms with Crippen molar-refractivity contribution in [3.05, 3.63) is 107 Å². The van der Waals surface area contributed by atoms with Crippen molar-refractivity contribution in [2.75, 3.05) is 6.54 Å². The Hall–Kier alpha value is -3.35. The monoisotopic (exact) mass is 541 g/mol. The average molecular weight is 542 g/mol. The van der Waals surface area contributed by atoms with Gasteiger partial charge >= 0.3 is 0 Å². The Morgan fingerprint density at radius 1 is 0.872 bits per heavy atom. The van der Waals surface area contributed by atoms with Crippen LogP contribution in [0.3, 0.4) is 0 Å². The van der Waals surface area contributed by atoms with Gasteiger partial charge in [-0.2, -0.15) is 4.31 Å². The highest BCUT2D eigenvalue weighted by Gasteiger charge is 2.45. The molecule has 5 rings (SSSR count). The van der Waals surface area contributed by atoms with Crippen LogP contribution >= 0.6 is 0 Å². The number of aryl methyl sites for hydroxylation is 1. The van der Waals surface area contributed by atoms with Crippen molar-refractivity contribution in [3.63, 3.8) is 0 Å². The Labute approximate surface area is 231 Å². The number of hydrogen-bond acceptors (Lipinski definition) is 4. The summed E-state index contributed by atoms with van der Waals surface area (Å²) in [6, 6.07) is 25.1. The topological polar surface area (TPSA) is 71.5 Å². The molecule has 2 atom stereocenters. The fourth-order valence-corrected chi connectivity index (χ4v) is 7.32. The Morgan fingerprint density at radius 2 is 1.49 bits per heavy atom. The maximum Gasteiger partial charge on any atom is 0.243 e. The molecule has 3 aromatic rings. The molecule has 0 saturated heterocycles. The van der Waals surface area contributed by atoms with Crippen LogP contribution in [-0.4, -0.2) is 36.9 Å². The number of nitrogens with zero attached hydrogens (tertiary/aromatic N) is 1. The molecule has 2 unspecified atom stereocenters. The van der Waals surface area contributed by atoms with Crippen molar-refractivity contribution in [2.45, 2.75) is 56.9 Å². The minimum atomic E-state index is -3.90. The zero-order chi connectivity index (χ0) is 27.6. The van der Waals surface area contributed by atoms with Gasteiger partial charge in [0.25, 0.3) is 0 Å². The normalized spacial score (nSPS) is 20.2. The van der Waals surface area contributed by atoms with E-state index in [2.05, 4.69) is 0 Å². The number of ketones is 2. The largest absolute Gasteiger partial charge is 0.299 e. The number of hydrogen-bond donors (Lipinski definition) is 0. The maximum atomic E-state index is 14.2. The van der Waals surface area contributed by atoms with Gasteiger partial charge in [-0.1, -0.05) is 91.7 Å². The zero-order valence-electron chi connectivity index (χ0n) is 22.5. The second kappa shape index (κ2) is 11.4. The van der Waals surface area contributed by atoms with E-state index in [1.807, 2.05) is 62.4 Å². The molecule has 1 fully saturated rings. The molecule has 5 nitrogen and oxygen atoms in total.